The molecule has 4 aromatic heterocycles. The van der Waals surface area contributed by atoms with E-state index in [9.17, 15) is 4.79 Å². The van der Waals surface area contributed by atoms with Crippen molar-refractivity contribution < 1.29 is 4.79 Å². The summed E-state index contributed by atoms with van der Waals surface area (Å²) in [6.07, 6.45) is 9.64. The fourth-order valence-electron chi connectivity index (χ4n) is 3.41. The lowest BCUT2D eigenvalue weighted by atomic mass is 9.97. The molecule has 0 saturated carbocycles. The molecule has 7 nitrogen and oxygen atoms in total. The minimum Gasteiger partial charge on any atom is -0.345 e. The third-order valence-corrected chi connectivity index (χ3v) is 5.87. The highest BCUT2D eigenvalue weighted by Crippen LogP contribution is 2.36. The molecule has 1 aliphatic carbocycles. The maximum absolute atomic E-state index is 12.5. The smallest absolute Gasteiger partial charge is 0.291 e. The third-order valence-electron chi connectivity index (χ3n) is 4.67. The van der Waals surface area contributed by atoms with Crippen LogP contribution >= 0.6 is 11.3 Å². The average Bonchev–Trinajstić information content (AvgIpc) is 3.27. The number of rotatable bonds is 3. The number of fused-ring (bicyclic) bond motifs is 5. The van der Waals surface area contributed by atoms with Crippen molar-refractivity contribution in [3.05, 3.63) is 52.7 Å². The fraction of sp³-hybridized carbons (Fsp3) is 0.278. The van der Waals surface area contributed by atoms with Gasteiger partial charge in [-0.05, 0) is 42.9 Å². The van der Waals surface area contributed by atoms with E-state index in [-0.39, 0.29) is 11.7 Å². The highest BCUT2D eigenvalue weighted by Gasteiger charge is 2.22. The SMILES string of the molecule is O=C(NCc1cccnc1)c1nc2c3c4c(sc3ncn2n1)CCCC4. The highest BCUT2D eigenvalue weighted by atomic mass is 32.1. The summed E-state index contributed by atoms with van der Waals surface area (Å²) < 4.78 is 1.61. The maximum atomic E-state index is 12.5. The molecule has 0 fully saturated rings. The van der Waals surface area contributed by atoms with Crippen LogP contribution < -0.4 is 5.32 Å². The molecule has 0 saturated heterocycles. The second kappa shape index (κ2) is 6.14. The van der Waals surface area contributed by atoms with Crippen molar-refractivity contribution in [2.24, 2.45) is 0 Å². The molecule has 5 rings (SSSR count). The summed E-state index contributed by atoms with van der Waals surface area (Å²) in [5.41, 5.74) is 2.99. The number of aryl methyl sites for hydroxylation is 2. The number of hydrogen-bond donors (Lipinski definition) is 1. The summed E-state index contributed by atoms with van der Waals surface area (Å²) >= 11 is 1.74. The molecular formula is C18H16N6OS. The van der Waals surface area contributed by atoms with Crippen LogP contribution in [0.25, 0.3) is 15.9 Å². The number of thiophene rings is 1. The standard InChI is InChI=1S/C18H16N6OS/c25-17(20-9-11-4-3-7-19-8-11)15-22-16-14-12-5-1-2-6-13(12)26-18(14)21-10-24(16)23-15/h3-4,7-8,10H,1-2,5-6,9H2,(H,20,25). The highest BCUT2D eigenvalue weighted by molar-refractivity contribution is 7.19. The van der Waals surface area contributed by atoms with E-state index in [1.165, 1.54) is 23.3 Å². The molecule has 0 spiro atoms. The van der Waals surface area contributed by atoms with Crippen molar-refractivity contribution in [2.75, 3.05) is 0 Å². The Morgan fingerprint density at radius 1 is 1.31 bits per heavy atom. The van der Waals surface area contributed by atoms with Crippen molar-refractivity contribution in [2.45, 2.75) is 32.2 Å². The van der Waals surface area contributed by atoms with Crippen molar-refractivity contribution in [3.63, 3.8) is 0 Å². The zero-order valence-corrected chi connectivity index (χ0v) is 14.8. The number of carbonyl (C=O) groups is 1. The van der Waals surface area contributed by atoms with Gasteiger partial charge in [-0.25, -0.2) is 14.5 Å². The Morgan fingerprint density at radius 3 is 3.12 bits per heavy atom. The molecule has 1 N–H and O–H groups in total. The predicted octanol–water partition coefficient (Wildman–Crippen LogP) is 2.54. The monoisotopic (exact) mass is 364 g/mol. The normalized spacial score (nSPS) is 13.8. The molecule has 4 aromatic rings. The van der Waals surface area contributed by atoms with Gasteiger partial charge in [0.2, 0.25) is 5.82 Å². The molecule has 4 heterocycles. The molecule has 0 unspecified atom stereocenters. The van der Waals surface area contributed by atoms with Crippen LogP contribution in [0.4, 0.5) is 0 Å². The Hall–Kier alpha value is -2.87. The largest absolute Gasteiger partial charge is 0.345 e. The molecule has 0 radical (unpaired) electrons. The predicted molar refractivity (Wildman–Crippen MR) is 98.2 cm³/mol. The molecule has 0 atom stereocenters. The first-order valence-corrected chi connectivity index (χ1v) is 9.44. The van der Waals surface area contributed by atoms with Gasteiger partial charge in [0, 0.05) is 23.8 Å². The molecule has 26 heavy (non-hydrogen) atoms. The van der Waals surface area contributed by atoms with Gasteiger partial charge in [-0.2, -0.15) is 0 Å². The van der Waals surface area contributed by atoms with Crippen LogP contribution in [-0.2, 0) is 19.4 Å². The van der Waals surface area contributed by atoms with Gasteiger partial charge >= 0.3 is 0 Å². The van der Waals surface area contributed by atoms with Crippen LogP contribution in [0.15, 0.2) is 30.9 Å². The number of aromatic nitrogens is 5. The van der Waals surface area contributed by atoms with Crippen LogP contribution in [0.5, 0.6) is 0 Å². The number of nitrogens with zero attached hydrogens (tertiary/aromatic N) is 5. The molecule has 8 heteroatoms. The van der Waals surface area contributed by atoms with Crippen molar-refractivity contribution in [3.8, 4) is 0 Å². The van der Waals surface area contributed by atoms with Gasteiger partial charge in [0.15, 0.2) is 5.65 Å². The van der Waals surface area contributed by atoms with Gasteiger partial charge in [-0.15, -0.1) is 16.4 Å². The minimum absolute atomic E-state index is 0.166. The minimum atomic E-state index is -0.296. The molecular weight excluding hydrogens is 348 g/mol. The first-order valence-electron chi connectivity index (χ1n) is 8.62. The summed E-state index contributed by atoms with van der Waals surface area (Å²) in [4.78, 5) is 27.9. The van der Waals surface area contributed by atoms with E-state index in [0.717, 1.165) is 34.3 Å². The summed E-state index contributed by atoms with van der Waals surface area (Å²) in [5.74, 6) is -0.131. The van der Waals surface area contributed by atoms with Crippen molar-refractivity contribution in [1.29, 1.82) is 0 Å². The van der Waals surface area contributed by atoms with E-state index >= 15 is 0 Å². The lowest BCUT2D eigenvalue weighted by molar-refractivity contribution is 0.0940. The first-order chi connectivity index (χ1) is 12.8. The zero-order valence-electron chi connectivity index (χ0n) is 14.0. The van der Waals surface area contributed by atoms with Crippen LogP contribution in [0.1, 0.15) is 39.5 Å². The van der Waals surface area contributed by atoms with E-state index in [0.29, 0.717) is 6.54 Å². The van der Waals surface area contributed by atoms with Crippen molar-refractivity contribution in [1.82, 2.24) is 29.9 Å². The van der Waals surface area contributed by atoms with E-state index in [4.69, 9.17) is 0 Å². The zero-order chi connectivity index (χ0) is 17.5. The van der Waals surface area contributed by atoms with Crippen LogP contribution in [0, 0.1) is 0 Å². The summed E-state index contributed by atoms with van der Waals surface area (Å²) in [5, 5.41) is 8.23. The van der Waals surface area contributed by atoms with E-state index in [1.807, 2.05) is 12.1 Å². The Labute approximate surface area is 153 Å². The van der Waals surface area contributed by atoms with Gasteiger partial charge in [-0.3, -0.25) is 9.78 Å². The molecule has 0 bridgehead atoms. The van der Waals surface area contributed by atoms with Crippen molar-refractivity contribution >= 4 is 33.1 Å². The van der Waals surface area contributed by atoms with E-state index in [2.05, 4.69) is 25.4 Å². The quantitative estimate of drug-likeness (QED) is 0.604. The first kappa shape index (κ1) is 15.4. The molecule has 0 aromatic carbocycles. The number of amides is 1. The van der Waals surface area contributed by atoms with E-state index in [1.54, 1.807) is 34.6 Å². The molecule has 0 aliphatic heterocycles. The van der Waals surface area contributed by atoms with Crippen LogP contribution in [-0.4, -0.2) is 30.5 Å². The van der Waals surface area contributed by atoms with Gasteiger partial charge < -0.3 is 5.32 Å². The number of carbonyl (C=O) groups excluding carboxylic acids is 1. The van der Waals surface area contributed by atoms with Gasteiger partial charge in [0.1, 0.15) is 11.2 Å². The Morgan fingerprint density at radius 2 is 2.23 bits per heavy atom. The number of nitrogens with one attached hydrogen (secondary N) is 1. The van der Waals surface area contributed by atoms with Gasteiger partial charge in [-0.1, -0.05) is 6.07 Å². The summed E-state index contributed by atoms with van der Waals surface area (Å²) in [7, 11) is 0. The average molecular weight is 364 g/mol. The van der Waals surface area contributed by atoms with Crippen LogP contribution in [0.2, 0.25) is 0 Å². The molecule has 1 aliphatic rings. The molecule has 130 valence electrons. The fourth-order valence-corrected chi connectivity index (χ4v) is 4.64. The number of pyridine rings is 1. The maximum Gasteiger partial charge on any atom is 0.291 e. The topological polar surface area (TPSA) is 85.1 Å². The van der Waals surface area contributed by atoms with Gasteiger partial charge in [0.25, 0.3) is 5.91 Å². The Balaban J connectivity index is 1.50. The Bertz CT molecular complexity index is 1120. The Kier molecular flexibility index (Phi) is 3.63. The van der Waals surface area contributed by atoms with Gasteiger partial charge in [0.05, 0.1) is 5.39 Å². The summed E-state index contributed by atoms with van der Waals surface area (Å²) in [6, 6.07) is 3.75. The number of hydrogen-bond acceptors (Lipinski definition) is 6. The second-order valence-corrected chi connectivity index (χ2v) is 7.47. The van der Waals surface area contributed by atoms with Crippen LogP contribution in [0.3, 0.4) is 0 Å². The summed E-state index contributed by atoms with van der Waals surface area (Å²) in [6.45, 7) is 0.393. The lowest BCUT2D eigenvalue weighted by Crippen LogP contribution is -2.24. The molecule has 1 amide bonds. The third kappa shape index (κ3) is 2.53. The van der Waals surface area contributed by atoms with E-state index < -0.39 is 0 Å². The lowest BCUT2D eigenvalue weighted by Gasteiger charge is -2.09. The second-order valence-electron chi connectivity index (χ2n) is 6.38.